The monoisotopic (exact) mass is 352 g/mol. The Balaban J connectivity index is 1.91. The van der Waals surface area contributed by atoms with E-state index in [1.54, 1.807) is 18.2 Å². The summed E-state index contributed by atoms with van der Waals surface area (Å²) >= 11 is 0. The summed E-state index contributed by atoms with van der Waals surface area (Å²) in [5.41, 5.74) is 3.59. The Morgan fingerprint density at radius 3 is 2.42 bits per heavy atom. The molecule has 8 nitrogen and oxygen atoms in total. The van der Waals surface area contributed by atoms with Crippen molar-refractivity contribution < 1.29 is 14.5 Å². The van der Waals surface area contributed by atoms with E-state index in [0.717, 1.165) is 11.4 Å². The SMILES string of the molecule is COc1cc([N+](=O)[O-])ccc1NC(=O)c1ccc2nc(C)c(C)nc2c1. The van der Waals surface area contributed by atoms with Gasteiger partial charge in [-0.15, -0.1) is 0 Å². The number of carbonyl (C=O) groups is 1. The Kier molecular flexibility index (Phi) is 4.49. The highest BCUT2D eigenvalue weighted by Gasteiger charge is 2.15. The predicted molar refractivity (Wildman–Crippen MR) is 96.6 cm³/mol. The fraction of sp³-hybridized carbons (Fsp3) is 0.167. The number of nitrogens with zero attached hydrogens (tertiary/aromatic N) is 3. The third kappa shape index (κ3) is 3.30. The number of nitro benzene ring substituents is 1. The van der Waals surface area contributed by atoms with Gasteiger partial charge >= 0.3 is 0 Å². The first-order valence-electron chi connectivity index (χ1n) is 7.78. The van der Waals surface area contributed by atoms with Gasteiger partial charge in [0.25, 0.3) is 11.6 Å². The lowest BCUT2D eigenvalue weighted by atomic mass is 10.1. The average Bonchev–Trinajstić information content (AvgIpc) is 2.62. The molecule has 0 unspecified atom stereocenters. The van der Waals surface area contributed by atoms with Crippen molar-refractivity contribution in [3.63, 3.8) is 0 Å². The van der Waals surface area contributed by atoms with Crippen molar-refractivity contribution in [2.75, 3.05) is 12.4 Å². The lowest BCUT2D eigenvalue weighted by Crippen LogP contribution is -2.13. The van der Waals surface area contributed by atoms with E-state index in [-0.39, 0.29) is 17.3 Å². The zero-order valence-electron chi connectivity index (χ0n) is 14.4. The van der Waals surface area contributed by atoms with Crippen LogP contribution in [0.2, 0.25) is 0 Å². The van der Waals surface area contributed by atoms with Gasteiger partial charge in [-0.25, -0.2) is 9.97 Å². The molecule has 3 rings (SSSR count). The third-order valence-corrected chi connectivity index (χ3v) is 3.98. The summed E-state index contributed by atoms with van der Waals surface area (Å²) in [5.74, 6) is -0.168. The van der Waals surface area contributed by atoms with Crippen LogP contribution in [-0.2, 0) is 0 Å². The lowest BCUT2D eigenvalue weighted by molar-refractivity contribution is -0.384. The lowest BCUT2D eigenvalue weighted by Gasteiger charge is -2.10. The topological polar surface area (TPSA) is 107 Å². The molecule has 1 heterocycles. The molecule has 0 spiro atoms. The molecule has 0 saturated carbocycles. The molecule has 8 heteroatoms. The molecule has 132 valence electrons. The number of amides is 1. The number of ether oxygens (including phenoxy) is 1. The summed E-state index contributed by atoms with van der Waals surface area (Å²) in [6.07, 6.45) is 0. The first-order chi connectivity index (χ1) is 12.4. The zero-order chi connectivity index (χ0) is 18.8. The summed E-state index contributed by atoms with van der Waals surface area (Å²) in [7, 11) is 1.38. The fourth-order valence-corrected chi connectivity index (χ4v) is 2.46. The molecule has 0 radical (unpaired) electrons. The minimum atomic E-state index is -0.527. The Labute approximate surface area is 149 Å². The number of hydrogen-bond acceptors (Lipinski definition) is 6. The highest BCUT2D eigenvalue weighted by molar-refractivity contribution is 6.06. The van der Waals surface area contributed by atoms with Gasteiger partial charge in [0.15, 0.2) is 0 Å². The van der Waals surface area contributed by atoms with Crippen LogP contribution in [0.1, 0.15) is 21.7 Å². The van der Waals surface area contributed by atoms with Crippen LogP contribution in [0.5, 0.6) is 5.75 Å². The smallest absolute Gasteiger partial charge is 0.273 e. The molecule has 0 aliphatic heterocycles. The molecule has 1 aromatic heterocycles. The van der Waals surface area contributed by atoms with Crippen LogP contribution in [0, 0.1) is 24.0 Å². The van der Waals surface area contributed by atoms with E-state index in [1.165, 1.54) is 25.3 Å². The largest absolute Gasteiger partial charge is 0.494 e. The molecule has 1 N–H and O–H groups in total. The van der Waals surface area contributed by atoms with Gasteiger partial charge in [-0.3, -0.25) is 14.9 Å². The molecule has 0 saturated heterocycles. The number of non-ortho nitro benzene ring substituents is 1. The Bertz CT molecular complexity index is 1030. The first kappa shape index (κ1) is 17.3. The summed E-state index contributed by atoms with van der Waals surface area (Å²) in [4.78, 5) is 31.8. The maximum atomic E-state index is 12.5. The van der Waals surface area contributed by atoms with Crippen molar-refractivity contribution in [2.45, 2.75) is 13.8 Å². The maximum absolute atomic E-state index is 12.5. The van der Waals surface area contributed by atoms with Gasteiger partial charge in [-0.1, -0.05) is 0 Å². The van der Waals surface area contributed by atoms with Crippen LogP contribution in [0.4, 0.5) is 11.4 Å². The predicted octanol–water partition coefficient (Wildman–Crippen LogP) is 3.42. The van der Waals surface area contributed by atoms with Gasteiger partial charge in [0.2, 0.25) is 0 Å². The summed E-state index contributed by atoms with van der Waals surface area (Å²) in [6, 6.07) is 9.03. The van der Waals surface area contributed by atoms with Crippen LogP contribution < -0.4 is 10.1 Å². The molecular weight excluding hydrogens is 336 g/mol. The van der Waals surface area contributed by atoms with Gasteiger partial charge in [-0.2, -0.15) is 0 Å². The number of methoxy groups -OCH3 is 1. The Morgan fingerprint density at radius 2 is 1.77 bits per heavy atom. The number of carbonyl (C=O) groups excluding carboxylic acids is 1. The van der Waals surface area contributed by atoms with Gasteiger partial charge in [0, 0.05) is 11.6 Å². The molecule has 26 heavy (non-hydrogen) atoms. The van der Waals surface area contributed by atoms with Crippen LogP contribution >= 0.6 is 0 Å². The quantitative estimate of drug-likeness (QED) is 0.569. The van der Waals surface area contributed by atoms with Crippen molar-refractivity contribution in [1.82, 2.24) is 9.97 Å². The second-order valence-corrected chi connectivity index (χ2v) is 5.69. The molecule has 0 aliphatic rings. The molecular formula is C18H16N4O4. The van der Waals surface area contributed by atoms with E-state index < -0.39 is 4.92 Å². The van der Waals surface area contributed by atoms with Crippen LogP contribution in [0.3, 0.4) is 0 Å². The molecule has 0 atom stereocenters. The van der Waals surface area contributed by atoms with Crippen LogP contribution in [-0.4, -0.2) is 27.9 Å². The molecule has 0 fully saturated rings. The number of fused-ring (bicyclic) bond motifs is 1. The highest BCUT2D eigenvalue weighted by Crippen LogP contribution is 2.29. The van der Waals surface area contributed by atoms with Gasteiger partial charge < -0.3 is 10.1 Å². The maximum Gasteiger partial charge on any atom is 0.273 e. The molecule has 3 aromatic rings. The second-order valence-electron chi connectivity index (χ2n) is 5.69. The van der Waals surface area contributed by atoms with E-state index in [1.807, 2.05) is 13.8 Å². The van der Waals surface area contributed by atoms with E-state index in [0.29, 0.717) is 22.3 Å². The van der Waals surface area contributed by atoms with Gasteiger partial charge in [0.1, 0.15) is 5.75 Å². The zero-order valence-corrected chi connectivity index (χ0v) is 14.4. The number of nitro groups is 1. The molecule has 0 aliphatic carbocycles. The Morgan fingerprint density at radius 1 is 1.08 bits per heavy atom. The molecule has 1 amide bonds. The summed E-state index contributed by atoms with van der Waals surface area (Å²) in [5, 5.41) is 13.5. The summed E-state index contributed by atoms with van der Waals surface area (Å²) < 4.78 is 5.13. The van der Waals surface area contributed by atoms with E-state index in [4.69, 9.17) is 4.74 Å². The standard InChI is InChI=1S/C18H16N4O4/c1-10-11(2)20-16-8-12(4-6-14(16)19-10)18(23)21-15-7-5-13(22(24)25)9-17(15)26-3/h4-9H,1-3H3,(H,21,23). The van der Waals surface area contributed by atoms with Crippen molar-refractivity contribution >= 4 is 28.3 Å². The minimum Gasteiger partial charge on any atom is -0.494 e. The molecule has 2 aromatic carbocycles. The average molecular weight is 352 g/mol. The van der Waals surface area contributed by atoms with Crippen LogP contribution in [0.25, 0.3) is 11.0 Å². The summed E-state index contributed by atoms with van der Waals surface area (Å²) in [6.45, 7) is 3.74. The number of benzene rings is 2. The highest BCUT2D eigenvalue weighted by atomic mass is 16.6. The minimum absolute atomic E-state index is 0.119. The number of aryl methyl sites for hydroxylation is 2. The number of aromatic nitrogens is 2. The van der Waals surface area contributed by atoms with Crippen molar-refractivity contribution in [1.29, 1.82) is 0 Å². The van der Waals surface area contributed by atoms with Crippen molar-refractivity contribution in [3.8, 4) is 5.75 Å². The number of rotatable bonds is 4. The Hall–Kier alpha value is -3.55. The van der Waals surface area contributed by atoms with E-state index in [2.05, 4.69) is 15.3 Å². The number of hydrogen-bond donors (Lipinski definition) is 1. The number of nitrogens with one attached hydrogen (secondary N) is 1. The number of anilines is 1. The molecule has 0 bridgehead atoms. The third-order valence-electron chi connectivity index (χ3n) is 3.98. The van der Waals surface area contributed by atoms with Crippen molar-refractivity contribution in [2.24, 2.45) is 0 Å². The van der Waals surface area contributed by atoms with Gasteiger partial charge in [0.05, 0.1) is 46.2 Å². The first-order valence-corrected chi connectivity index (χ1v) is 7.78. The van der Waals surface area contributed by atoms with E-state index >= 15 is 0 Å². The van der Waals surface area contributed by atoms with E-state index in [9.17, 15) is 14.9 Å². The fourth-order valence-electron chi connectivity index (χ4n) is 2.46. The van der Waals surface area contributed by atoms with Gasteiger partial charge in [-0.05, 0) is 38.1 Å². The van der Waals surface area contributed by atoms with Crippen LogP contribution in [0.15, 0.2) is 36.4 Å². The normalized spacial score (nSPS) is 10.6. The van der Waals surface area contributed by atoms with Crippen molar-refractivity contribution in [3.05, 3.63) is 63.5 Å². The second kappa shape index (κ2) is 6.75.